The number of hydrogen-bond donors (Lipinski definition) is 2. The van der Waals surface area contributed by atoms with E-state index in [9.17, 15) is 9.90 Å². The molecule has 1 aliphatic heterocycles. The Balaban J connectivity index is 1.73. The smallest absolute Gasteiger partial charge is 0.306 e. The zero-order chi connectivity index (χ0) is 14.4. The average Bonchev–Trinajstić information content (AvgIpc) is 3.13. The number of carboxylic acids is 1. The minimum absolute atomic E-state index is 0.144. The molecule has 3 unspecified atom stereocenters. The van der Waals surface area contributed by atoms with Crippen LogP contribution in [-0.2, 0) is 4.79 Å². The van der Waals surface area contributed by atoms with Crippen LogP contribution in [0.3, 0.4) is 0 Å². The van der Waals surface area contributed by atoms with Gasteiger partial charge in [-0.15, -0.1) is 0 Å². The van der Waals surface area contributed by atoms with Gasteiger partial charge < -0.3 is 10.4 Å². The van der Waals surface area contributed by atoms with Gasteiger partial charge in [0.1, 0.15) is 0 Å². The van der Waals surface area contributed by atoms with Crippen LogP contribution in [0.25, 0.3) is 10.8 Å². The van der Waals surface area contributed by atoms with E-state index in [0.717, 1.165) is 25.8 Å². The Bertz CT molecular complexity index is 709. The average molecular weight is 281 g/mol. The summed E-state index contributed by atoms with van der Waals surface area (Å²) in [6, 6.07) is 12.8. The van der Waals surface area contributed by atoms with Gasteiger partial charge in [0.2, 0.25) is 0 Å². The molecule has 3 nitrogen and oxygen atoms in total. The molecule has 0 bridgehead atoms. The summed E-state index contributed by atoms with van der Waals surface area (Å²) in [6.07, 6.45) is 2.69. The Morgan fingerprint density at radius 3 is 2.81 bits per heavy atom. The second kappa shape index (κ2) is 4.76. The highest BCUT2D eigenvalue weighted by Gasteiger charge is 2.38. The number of anilines is 1. The Morgan fingerprint density at radius 2 is 2.00 bits per heavy atom. The van der Waals surface area contributed by atoms with Gasteiger partial charge >= 0.3 is 5.97 Å². The van der Waals surface area contributed by atoms with Gasteiger partial charge in [0.05, 0.1) is 5.92 Å². The van der Waals surface area contributed by atoms with E-state index in [0.29, 0.717) is 11.8 Å². The highest BCUT2D eigenvalue weighted by atomic mass is 16.4. The summed E-state index contributed by atoms with van der Waals surface area (Å²) in [4.78, 5) is 11.2. The van der Waals surface area contributed by atoms with E-state index in [1.165, 1.54) is 22.0 Å². The molecule has 2 aromatic carbocycles. The first-order chi connectivity index (χ1) is 10.2. The first kappa shape index (κ1) is 12.7. The predicted molar refractivity (Wildman–Crippen MR) is 83.6 cm³/mol. The van der Waals surface area contributed by atoms with Crippen molar-refractivity contribution in [3.05, 3.63) is 42.0 Å². The molecule has 1 aliphatic carbocycles. The zero-order valence-corrected chi connectivity index (χ0v) is 11.9. The molecule has 1 heterocycles. The number of rotatable bonds is 2. The van der Waals surface area contributed by atoms with Crippen molar-refractivity contribution in [2.75, 3.05) is 11.9 Å². The van der Waals surface area contributed by atoms with Gasteiger partial charge in [0, 0.05) is 18.2 Å². The number of carboxylic acid groups (broad SMARTS) is 1. The van der Waals surface area contributed by atoms with Crippen LogP contribution in [0.2, 0.25) is 0 Å². The molecule has 4 rings (SSSR count). The van der Waals surface area contributed by atoms with Crippen molar-refractivity contribution in [2.45, 2.75) is 25.2 Å². The Hall–Kier alpha value is -2.03. The van der Waals surface area contributed by atoms with Crippen molar-refractivity contribution < 1.29 is 9.90 Å². The van der Waals surface area contributed by atoms with Gasteiger partial charge in [0.15, 0.2) is 0 Å². The SMILES string of the molecule is O=C(O)C1CCC(C2CNc3ccc4ccccc4c32)C1. The first-order valence-corrected chi connectivity index (χ1v) is 7.72. The molecule has 0 saturated heterocycles. The van der Waals surface area contributed by atoms with Crippen LogP contribution in [0.15, 0.2) is 36.4 Å². The minimum atomic E-state index is -0.624. The molecule has 1 saturated carbocycles. The van der Waals surface area contributed by atoms with Gasteiger partial charge in [-0.05, 0) is 47.6 Å². The molecule has 1 fully saturated rings. The lowest BCUT2D eigenvalue weighted by Crippen LogP contribution is -2.15. The molecular weight excluding hydrogens is 262 g/mol. The van der Waals surface area contributed by atoms with Crippen molar-refractivity contribution in [1.82, 2.24) is 0 Å². The quantitative estimate of drug-likeness (QED) is 0.879. The van der Waals surface area contributed by atoms with E-state index in [1.807, 2.05) is 0 Å². The maximum atomic E-state index is 11.2. The van der Waals surface area contributed by atoms with E-state index < -0.39 is 5.97 Å². The summed E-state index contributed by atoms with van der Waals surface area (Å²) in [6.45, 7) is 0.945. The molecule has 108 valence electrons. The van der Waals surface area contributed by atoms with E-state index >= 15 is 0 Å². The maximum Gasteiger partial charge on any atom is 0.306 e. The lowest BCUT2D eigenvalue weighted by Gasteiger charge is -2.19. The normalized spacial score (nSPS) is 27.5. The van der Waals surface area contributed by atoms with Crippen molar-refractivity contribution in [3.8, 4) is 0 Å². The minimum Gasteiger partial charge on any atom is -0.481 e. The summed E-state index contributed by atoms with van der Waals surface area (Å²) in [5, 5.41) is 15.3. The van der Waals surface area contributed by atoms with Gasteiger partial charge in [0.25, 0.3) is 0 Å². The summed E-state index contributed by atoms with van der Waals surface area (Å²) in [7, 11) is 0. The number of carbonyl (C=O) groups is 1. The molecule has 21 heavy (non-hydrogen) atoms. The fraction of sp³-hybridized carbons (Fsp3) is 0.389. The highest BCUT2D eigenvalue weighted by molar-refractivity contribution is 5.92. The number of benzene rings is 2. The summed E-state index contributed by atoms with van der Waals surface area (Å²) in [5.74, 6) is 0.178. The van der Waals surface area contributed by atoms with E-state index in [4.69, 9.17) is 0 Å². The Morgan fingerprint density at radius 1 is 1.14 bits per heavy atom. The lowest BCUT2D eigenvalue weighted by molar-refractivity contribution is -0.141. The predicted octanol–water partition coefficient (Wildman–Crippen LogP) is 3.85. The van der Waals surface area contributed by atoms with Crippen LogP contribution >= 0.6 is 0 Å². The fourth-order valence-corrected chi connectivity index (χ4v) is 4.18. The highest BCUT2D eigenvalue weighted by Crippen LogP contribution is 2.47. The molecule has 3 heteroatoms. The maximum absolute atomic E-state index is 11.2. The van der Waals surface area contributed by atoms with Gasteiger partial charge in [-0.3, -0.25) is 4.79 Å². The van der Waals surface area contributed by atoms with Crippen LogP contribution in [0.5, 0.6) is 0 Å². The van der Waals surface area contributed by atoms with Crippen molar-refractivity contribution >= 4 is 22.4 Å². The third kappa shape index (κ3) is 1.99. The van der Waals surface area contributed by atoms with Gasteiger partial charge in [-0.25, -0.2) is 0 Å². The molecular formula is C18H19NO2. The van der Waals surface area contributed by atoms with Crippen LogP contribution < -0.4 is 5.32 Å². The molecule has 0 spiro atoms. The van der Waals surface area contributed by atoms with Crippen molar-refractivity contribution in [3.63, 3.8) is 0 Å². The monoisotopic (exact) mass is 281 g/mol. The fourth-order valence-electron chi connectivity index (χ4n) is 4.18. The van der Waals surface area contributed by atoms with E-state index in [1.54, 1.807) is 0 Å². The second-order valence-electron chi connectivity index (χ2n) is 6.34. The molecule has 2 aromatic rings. The van der Waals surface area contributed by atoms with E-state index in [2.05, 4.69) is 41.7 Å². The number of hydrogen-bond acceptors (Lipinski definition) is 2. The molecule has 0 aromatic heterocycles. The number of nitrogens with one attached hydrogen (secondary N) is 1. The first-order valence-electron chi connectivity index (χ1n) is 7.72. The third-order valence-corrected chi connectivity index (χ3v) is 5.25. The summed E-state index contributed by atoms with van der Waals surface area (Å²) in [5.41, 5.74) is 2.64. The van der Waals surface area contributed by atoms with E-state index in [-0.39, 0.29) is 5.92 Å². The molecule has 0 radical (unpaired) electrons. The van der Waals surface area contributed by atoms with Crippen molar-refractivity contribution in [1.29, 1.82) is 0 Å². The Kier molecular flexibility index (Phi) is 2.88. The van der Waals surface area contributed by atoms with Crippen molar-refractivity contribution in [2.24, 2.45) is 11.8 Å². The zero-order valence-electron chi connectivity index (χ0n) is 11.9. The van der Waals surface area contributed by atoms with Crippen LogP contribution in [0, 0.1) is 11.8 Å². The number of aliphatic carboxylic acids is 1. The van der Waals surface area contributed by atoms with Gasteiger partial charge in [-0.2, -0.15) is 0 Å². The van der Waals surface area contributed by atoms with Crippen LogP contribution in [0.4, 0.5) is 5.69 Å². The lowest BCUT2D eigenvalue weighted by atomic mass is 9.83. The molecule has 3 atom stereocenters. The van der Waals surface area contributed by atoms with Gasteiger partial charge in [-0.1, -0.05) is 30.3 Å². The summed E-state index contributed by atoms with van der Waals surface area (Å²) < 4.78 is 0. The third-order valence-electron chi connectivity index (χ3n) is 5.25. The second-order valence-corrected chi connectivity index (χ2v) is 6.34. The molecule has 0 amide bonds. The van der Waals surface area contributed by atoms with Crippen LogP contribution in [-0.4, -0.2) is 17.6 Å². The topological polar surface area (TPSA) is 49.3 Å². The number of fused-ring (bicyclic) bond motifs is 3. The Labute approximate surface area is 124 Å². The van der Waals surface area contributed by atoms with Crippen LogP contribution in [0.1, 0.15) is 30.7 Å². The molecule has 2 aliphatic rings. The largest absolute Gasteiger partial charge is 0.481 e. The summed E-state index contributed by atoms with van der Waals surface area (Å²) >= 11 is 0. The standard InChI is InChI=1S/C18H19NO2/c20-18(21)13-6-5-12(9-13)15-10-19-16-8-7-11-3-1-2-4-14(11)17(15)16/h1-4,7-8,12-13,15,19H,5-6,9-10H2,(H,20,21). The molecule has 2 N–H and O–H groups in total.